The predicted octanol–water partition coefficient (Wildman–Crippen LogP) is 5.86. The molecule has 242 valence electrons. The van der Waals surface area contributed by atoms with E-state index in [2.05, 4.69) is 5.32 Å². The molecule has 0 saturated heterocycles. The summed E-state index contributed by atoms with van der Waals surface area (Å²) < 4.78 is 69.7. The first kappa shape index (κ1) is 33.7. The smallest absolute Gasteiger partial charge is 0.323 e. The van der Waals surface area contributed by atoms with Crippen LogP contribution in [0.5, 0.6) is 5.75 Å². The quantitative estimate of drug-likeness (QED) is 0.118. The molecular formula is C33H37F4N3O5. The number of anilines is 1. The van der Waals surface area contributed by atoms with Gasteiger partial charge in [0.2, 0.25) is 0 Å². The highest BCUT2D eigenvalue weighted by molar-refractivity contribution is 6.11. The van der Waals surface area contributed by atoms with Crippen LogP contribution in [-0.2, 0) is 9.53 Å². The summed E-state index contributed by atoms with van der Waals surface area (Å²) >= 11 is 0. The molecular weight excluding hydrogens is 594 g/mol. The second kappa shape index (κ2) is 14.3. The van der Waals surface area contributed by atoms with Gasteiger partial charge in [0.25, 0.3) is 5.56 Å². The molecule has 0 aliphatic heterocycles. The number of nitrogens with two attached hydrogens (primary N) is 1. The van der Waals surface area contributed by atoms with Crippen molar-refractivity contribution in [3.8, 4) is 11.4 Å². The Morgan fingerprint density at radius 1 is 0.956 bits per heavy atom. The molecule has 0 radical (unpaired) electrons. The highest BCUT2D eigenvalue weighted by Crippen LogP contribution is 2.29. The molecule has 1 fully saturated rings. The third-order valence-corrected chi connectivity index (χ3v) is 7.50. The Kier molecular flexibility index (Phi) is 10.7. The van der Waals surface area contributed by atoms with Crippen molar-refractivity contribution in [3.05, 3.63) is 87.2 Å². The molecule has 0 spiro atoms. The van der Waals surface area contributed by atoms with E-state index in [9.17, 15) is 23.2 Å². The van der Waals surface area contributed by atoms with Crippen LogP contribution in [0.15, 0.2) is 47.3 Å². The number of ketones is 1. The standard InChI is InChI=1S/C33H37F4N3O5/c1-33(2,3)45-32(43)28(19-8-5-4-6-9-19)39-14-7-15-44-21-17-25(36)29(26(37)18-21)40-27(41)13-12-23(31(40)38)30(42)22-11-10-20(34)16-24(22)35/h10-13,16-19,28,39H,4-9,14-15,38H2,1-3H3/t28-/m0/s1. The van der Waals surface area contributed by atoms with Gasteiger partial charge in [-0.15, -0.1) is 0 Å². The number of carbonyl (C=O) groups is 2. The first-order valence-electron chi connectivity index (χ1n) is 14.9. The van der Waals surface area contributed by atoms with Gasteiger partial charge in [-0.2, -0.15) is 0 Å². The molecule has 8 nitrogen and oxygen atoms in total. The summed E-state index contributed by atoms with van der Waals surface area (Å²) in [5, 5.41) is 3.27. The van der Waals surface area contributed by atoms with E-state index in [1.165, 1.54) is 0 Å². The van der Waals surface area contributed by atoms with Crippen LogP contribution in [0.2, 0.25) is 0 Å². The van der Waals surface area contributed by atoms with Gasteiger partial charge in [-0.25, -0.2) is 17.6 Å². The monoisotopic (exact) mass is 631 g/mol. The second-order valence-corrected chi connectivity index (χ2v) is 12.1. The Labute approximate surface area is 258 Å². The number of nitrogens with one attached hydrogen (secondary N) is 1. The number of aromatic nitrogens is 1. The molecule has 1 saturated carbocycles. The number of halogens is 4. The van der Waals surface area contributed by atoms with Crippen LogP contribution in [0.4, 0.5) is 23.4 Å². The molecule has 2 aromatic carbocycles. The lowest BCUT2D eigenvalue weighted by Gasteiger charge is -2.32. The minimum absolute atomic E-state index is 0.0617. The zero-order valence-electron chi connectivity index (χ0n) is 25.4. The Bertz CT molecular complexity index is 1590. The molecule has 1 aliphatic rings. The molecule has 1 heterocycles. The van der Waals surface area contributed by atoms with Crippen LogP contribution < -0.4 is 21.3 Å². The fourth-order valence-electron chi connectivity index (χ4n) is 5.43. The Morgan fingerprint density at radius 2 is 1.60 bits per heavy atom. The van der Waals surface area contributed by atoms with Gasteiger partial charge in [0.05, 0.1) is 17.7 Å². The number of ether oxygens (including phenoxy) is 2. The Balaban J connectivity index is 1.45. The highest BCUT2D eigenvalue weighted by Gasteiger charge is 2.32. The van der Waals surface area contributed by atoms with Crippen molar-refractivity contribution >= 4 is 17.6 Å². The number of nitrogen functional groups attached to an aromatic ring is 1. The molecule has 12 heteroatoms. The van der Waals surface area contributed by atoms with Gasteiger partial charge >= 0.3 is 5.97 Å². The minimum Gasteiger partial charge on any atom is -0.493 e. The number of nitrogens with zero attached hydrogens (tertiary/aromatic N) is 1. The molecule has 1 aliphatic carbocycles. The molecule has 0 unspecified atom stereocenters. The summed E-state index contributed by atoms with van der Waals surface area (Å²) in [5.74, 6) is -6.42. The molecule has 45 heavy (non-hydrogen) atoms. The third kappa shape index (κ3) is 8.30. The van der Waals surface area contributed by atoms with Crippen molar-refractivity contribution in [2.75, 3.05) is 18.9 Å². The molecule has 1 atom stereocenters. The van der Waals surface area contributed by atoms with Gasteiger partial charge < -0.3 is 20.5 Å². The number of carbonyl (C=O) groups excluding carboxylic acids is 2. The lowest BCUT2D eigenvalue weighted by molar-refractivity contribution is -0.159. The van der Waals surface area contributed by atoms with Gasteiger partial charge in [-0.3, -0.25) is 19.0 Å². The van der Waals surface area contributed by atoms with E-state index in [0.717, 1.165) is 68.5 Å². The van der Waals surface area contributed by atoms with Gasteiger partial charge in [0, 0.05) is 24.3 Å². The van der Waals surface area contributed by atoms with Crippen molar-refractivity contribution in [1.82, 2.24) is 9.88 Å². The van der Waals surface area contributed by atoms with E-state index in [1.54, 1.807) is 0 Å². The number of benzene rings is 2. The van der Waals surface area contributed by atoms with Gasteiger partial charge in [0.15, 0.2) is 17.4 Å². The summed E-state index contributed by atoms with van der Waals surface area (Å²) in [6.07, 6.45) is 5.49. The predicted molar refractivity (Wildman–Crippen MR) is 160 cm³/mol. The van der Waals surface area contributed by atoms with Crippen LogP contribution in [0.25, 0.3) is 5.69 Å². The van der Waals surface area contributed by atoms with Crippen LogP contribution in [0.3, 0.4) is 0 Å². The number of pyridine rings is 1. The SMILES string of the molecule is CC(C)(C)OC(=O)[C@@H](NCCCOc1cc(F)c(-n2c(N)c(C(=O)c3ccc(F)cc3F)ccc2=O)c(F)c1)C1CCCCC1. The second-order valence-electron chi connectivity index (χ2n) is 12.1. The molecule has 3 aromatic rings. The fraction of sp³-hybridized carbons (Fsp3) is 0.424. The van der Waals surface area contributed by atoms with Crippen molar-refractivity contribution < 1.29 is 36.6 Å². The number of hydrogen-bond acceptors (Lipinski definition) is 7. The summed E-state index contributed by atoms with van der Waals surface area (Å²) in [6, 6.07) is 5.41. The van der Waals surface area contributed by atoms with E-state index >= 15 is 8.78 Å². The highest BCUT2D eigenvalue weighted by atomic mass is 19.1. The minimum atomic E-state index is -1.20. The molecule has 0 bridgehead atoms. The number of rotatable bonds is 11. The van der Waals surface area contributed by atoms with Crippen LogP contribution in [-0.4, -0.2) is 41.1 Å². The van der Waals surface area contributed by atoms with Crippen molar-refractivity contribution in [3.63, 3.8) is 0 Å². The summed E-state index contributed by atoms with van der Waals surface area (Å²) in [5.41, 5.74) is 2.63. The summed E-state index contributed by atoms with van der Waals surface area (Å²) in [6.45, 7) is 5.90. The van der Waals surface area contributed by atoms with Crippen LogP contribution >= 0.6 is 0 Å². The average molecular weight is 632 g/mol. The maximum Gasteiger partial charge on any atom is 0.323 e. The summed E-state index contributed by atoms with van der Waals surface area (Å²) in [4.78, 5) is 38.4. The third-order valence-electron chi connectivity index (χ3n) is 7.50. The number of hydrogen-bond donors (Lipinski definition) is 2. The Hall–Kier alpha value is -4.19. The maximum absolute atomic E-state index is 15.2. The van der Waals surface area contributed by atoms with Crippen molar-refractivity contribution in [2.24, 2.45) is 5.92 Å². The van der Waals surface area contributed by atoms with E-state index in [0.29, 0.717) is 23.6 Å². The van der Waals surface area contributed by atoms with Crippen LogP contribution in [0, 0.1) is 29.2 Å². The van der Waals surface area contributed by atoms with Gasteiger partial charge in [-0.05, 0) is 70.7 Å². The van der Waals surface area contributed by atoms with E-state index in [1.807, 2.05) is 20.8 Å². The number of esters is 1. The Morgan fingerprint density at radius 3 is 2.22 bits per heavy atom. The molecule has 3 N–H and O–H groups in total. The van der Waals surface area contributed by atoms with Gasteiger partial charge in [-0.1, -0.05) is 19.3 Å². The van der Waals surface area contributed by atoms with E-state index < -0.39 is 68.9 Å². The maximum atomic E-state index is 15.2. The van der Waals surface area contributed by atoms with E-state index in [4.69, 9.17) is 15.2 Å². The van der Waals surface area contributed by atoms with Gasteiger partial charge in [0.1, 0.15) is 40.5 Å². The van der Waals surface area contributed by atoms with Crippen molar-refractivity contribution in [1.29, 1.82) is 0 Å². The zero-order valence-corrected chi connectivity index (χ0v) is 25.4. The zero-order chi connectivity index (χ0) is 32.9. The normalized spacial score (nSPS) is 14.6. The first-order valence-corrected chi connectivity index (χ1v) is 14.9. The average Bonchev–Trinajstić information content (AvgIpc) is 2.95. The fourth-order valence-corrected chi connectivity index (χ4v) is 5.43. The lowest BCUT2D eigenvalue weighted by atomic mass is 9.83. The largest absolute Gasteiger partial charge is 0.493 e. The van der Waals surface area contributed by atoms with E-state index in [-0.39, 0.29) is 24.2 Å². The molecule has 0 amide bonds. The molecule has 4 rings (SSSR count). The molecule has 1 aromatic heterocycles. The van der Waals surface area contributed by atoms with Crippen LogP contribution in [0.1, 0.15) is 75.2 Å². The summed E-state index contributed by atoms with van der Waals surface area (Å²) in [7, 11) is 0. The lowest BCUT2D eigenvalue weighted by Crippen LogP contribution is -2.47. The van der Waals surface area contributed by atoms with Crippen molar-refractivity contribution in [2.45, 2.75) is 70.9 Å². The first-order chi connectivity index (χ1) is 21.3. The topological polar surface area (TPSA) is 113 Å².